The Kier molecular flexibility index (Phi) is 1.53. The highest BCUT2D eigenvalue weighted by Gasteiger charge is 2.42. The summed E-state index contributed by atoms with van der Waals surface area (Å²) in [6.45, 7) is 2.07. The summed E-state index contributed by atoms with van der Waals surface area (Å²) in [4.78, 5) is 13.8. The highest BCUT2D eigenvalue weighted by Crippen LogP contribution is 2.35. The molecule has 2 aliphatic rings. The normalized spacial score (nSPS) is 44.9. The number of rotatable bonds is 0. The summed E-state index contributed by atoms with van der Waals surface area (Å²) in [5.74, 6) is 0.773. The van der Waals surface area contributed by atoms with Crippen LogP contribution in [0, 0.1) is 5.92 Å². The van der Waals surface area contributed by atoms with E-state index >= 15 is 0 Å². The first kappa shape index (κ1) is 7.29. The van der Waals surface area contributed by atoms with Gasteiger partial charge in [-0.25, -0.2) is 0 Å². The summed E-state index contributed by atoms with van der Waals surface area (Å²) >= 11 is 0. The SMILES string of the molecule is C[C@H]1C(=O)C[C@H]2CC[C@H]1N2C. The van der Waals surface area contributed by atoms with Gasteiger partial charge in [-0.05, 0) is 19.9 Å². The summed E-state index contributed by atoms with van der Waals surface area (Å²) in [6, 6.07) is 1.13. The van der Waals surface area contributed by atoms with Crippen molar-refractivity contribution in [3.05, 3.63) is 0 Å². The van der Waals surface area contributed by atoms with Crippen LogP contribution in [0.3, 0.4) is 0 Å². The van der Waals surface area contributed by atoms with Crippen LogP contribution in [0.1, 0.15) is 26.2 Å². The topological polar surface area (TPSA) is 20.3 Å². The highest BCUT2D eigenvalue weighted by molar-refractivity contribution is 5.83. The third-order valence-corrected chi connectivity index (χ3v) is 3.42. The maximum absolute atomic E-state index is 11.4. The van der Waals surface area contributed by atoms with Gasteiger partial charge >= 0.3 is 0 Å². The maximum Gasteiger partial charge on any atom is 0.138 e. The van der Waals surface area contributed by atoms with Crippen molar-refractivity contribution in [1.29, 1.82) is 0 Å². The Bertz CT molecular complexity index is 190. The Hall–Kier alpha value is -0.370. The number of hydrogen-bond donors (Lipinski definition) is 0. The van der Waals surface area contributed by atoms with Crippen LogP contribution in [0.4, 0.5) is 0 Å². The number of carbonyl (C=O) groups is 1. The fourth-order valence-electron chi connectivity index (χ4n) is 2.52. The maximum atomic E-state index is 11.4. The standard InChI is InChI=1S/C9H15NO/c1-6-8-4-3-7(10(8)2)5-9(6)11/h6-8H,3-5H2,1-2H3/t6-,7-,8-/m1/s1. The minimum atomic E-state index is 0.291. The van der Waals surface area contributed by atoms with E-state index in [9.17, 15) is 4.79 Å². The minimum absolute atomic E-state index is 0.291. The molecule has 11 heavy (non-hydrogen) atoms. The quantitative estimate of drug-likeness (QED) is 0.518. The van der Waals surface area contributed by atoms with Crippen LogP contribution >= 0.6 is 0 Å². The highest BCUT2D eigenvalue weighted by atomic mass is 16.1. The van der Waals surface area contributed by atoms with E-state index in [0.717, 1.165) is 6.42 Å². The van der Waals surface area contributed by atoms with Crippen LogP contribution in [-0.4, -0.2) is 29.8 Å². The lowest BCUT2D eigenvalue weighted by molar-refractivity contribution is -0.127. The van der Waals surface area contributed by atoms with E-state index in [0.29, 0.717) is 23.8 Å². The monoisotopic (exact) mass is 153 g/mol. The van der Waals surface area contributed by atoms with Crippen molar-refractivity contribution in [3.8, 4) is 0 Å². The van der Waals surface area contributed by atoms with Gasteiger partial charge in [-0.2, -0.15) is 0 Å². The van der Waals surface area contributed by atoms with Crippen molar-refractivity contribution < 1.29 is 4.79 Å². The molecule has 2 rings (SSSR count). The lowest BCUT2D eigenvalue weighted by Gasteiger charge is -2.34. The Labute approximate surface area is 67.6 Å². The van der Waals surface area contributed by atoms with Crippen molar-refractivity contribution in [2.24, 2.45) is 5.92 Å². The van der Waals surface area contributed by atoms with E-state index in [1.54, 1.807) is 0 Å². The Morgan fingerprint density at radius 3 is 2.91 bits per heavy atom. The number of ketones is 1. The summed E-state index contributed by atoms with van der Waals surface area (Å²) in [5, 5.41) is 0. The summed E-state index contributed by atoms with van der Waals surface area (Å²) in [5.41, 5.74) is 0. The minimum Gasteiger partial charge on any atom is -0.299 e. The number of Topliss-reactive ketones (excluding diaryl/α,β-unsaturated/α-hetero) is 1. The number of piperidine rings is 1. The molecule has 0 aliphatic carbocycles. The van der Waals surface area contributed by atoms with Gasteiger partial charge in [0.15, 0.2) is 0 Å². The van der Waals surface area contributed by atoms with Gasteiger partial charge in [0.1, 0.15) is 5.78 Å². The van der Waals surface area contributed by atoms with Gasteiger partial charge in [0.2, 0.25) is 0 Å². The number of nitrogens with zero attached hydrogens (tertiary/aromatic N) is 1. The molecule has 0 amide bonds. The molecule has 0 N–H and O–H groups in total. The third kappa shape index (κ3) is 0.924. The zero-order valence-electron chi connectivity index (χ0n) is 7.21. The van der Waals surface area contributed by atoms with Gasteiger partial charge in [0, 0.05) is 24.4 Å². The average Bonchev–Trinajstić information content (AvgIpc) is 2.23. The molecular weight excluding hydrogens is 138 g/mol. The summed E-state index contributed by atoms with van der Waals surface area (Å²) in [6.07, 6.45) is 3.26. The first-order chi connectivity index (χ1) is 5.20. The summed E-state index contributed by atoms with van der Waals surface area (Å²) in [7, 11) is 2.16. The molecule has 2 bridgehead atoms. The molecule has 2 saturated heterocycles. The van der Waals surface area contributed by atoms with Gasteiger partial charge in [0.25, 0.3) is 0 Å². The van der Waals surface area contributed by atoms with Gasteiger partial charge in [0.05, 0.1) is 0 Å². The number of fused-ring (bicyclic) bond motifs is 2. The molecule has 0 unspecified atom stereocenters. The van der Waals surface area contributed by atoms with Crippen LogP contribution in [0.5, 0.6) is 0 Å². The molecule has 0 radical (unpaired) electrons. The van der Waals surface area contributed by atoms with E-state index < -0.39 is 0 Å². The van der Waals surface area contributed by atoms with Crippen LogP contribution in [0.2, 0.25) is 0 Å². The molecule has 0 spiro atoms. The predicted octanol–water partition coefficient (Wildman–Crippen LogP) is 1.06. The van der Waals surface area contributed by atoms with E-state index in [2.05, 4.69) is 18.9 Å². The molecule has 0 aromatic heterocycles. The lowest BCUT2D eigenvalue weighted by atomic mass is 9.91. The van der Waals surface area contributed by atoms with Gasteiger partial charge < -0.3 is 0 Å². The fourth-order valence-corrected chi connectivity index (χ4v) is 2.52. The molecule has 2 nitrogen and oxygen atoms in total. The second-order valence-corrected chi connectivity index (χ2v) is 3.92. The molecular formula is C9H15NO. The molecule has 2 aliphatic heterocycles. The molecule has 0 saturated carbocycles. The van der Waals surface area contributed by atoms with Crippen LogP contribution < -0.4 is 0 Å². The van der Waals surface area contributed by atoms with E-state index in [-0.39, 0.29) is 0 Å². The molecule has 0 aromatic rings. The van der Waals surface area contributed by atoms with Crippen molar-refractivity contribution in [2.75, 3.05) is 7.05 Å². The average molecular weight is 153 g/mol. The molecule has 2 fully saturated rings. The molecule has 0 aromatic carbocycles. The molecule has 2 heteroatoms. The zero-order chi connectivity index (χ0) is 8.01. The van der Waals surface area contributed by atoms with Crippen molar-refractivity contribution in [2.45, 2.75) is 38.3 Å². The number of hydrogen-bond acceptors (Lipinski definition) is 2. The largest absolute Gasteiger partial charge is 0.299 e. The van der Waals surface area contributed by atoms with E-state index in [4.69, 9.17) is 0 Å². The van der Waals surface area contributed by atoms with E-state index in [1.807, 2.05) is 0 Å². The Morgan fingerprint density at radius 1 is 1.45 bits per heavy atom. The second kappa shape index (κ2) is 2.31. The second-order valence-electron chi connectivity index (χ2n) is 3.92. The first-order valence-electron chi connectivity index (χ1n) is 4.45. The van der Waals surface area contributed by atoms with Crippen LogP contribution in [0.15, 0.2) is 0 Å². The Balaban J connectivity index is 2.22. The smallest absolute Gasteiger partial charge is 0.138 e. The van der Waals surface area contributed by atoms with Crippen LogP contribution in [0.25, 0.3) is 0 Å². The van der Waals surface area contributed by atoms with Gasteiger partial charge in [-0.1, -0.05) is 6.92 Å². The first-order valence-corrected chi connectivity index (χ1v) is 4.45. The van der Waals surface area contributed by atoms with Gasteiger partial charge in [-0.3, -0.25) is 9.69 Å². The van der Waals surface area contributed by atoms with Crippen molar-refractivity contribution in [1.82, 2.24) is 4.90 Å². The lowest BCUT2D eigenvalue weighted by Crippen LogP contribution is -2.45. The molecule has 62 valence electrons. The number of carbonyl (C=O) groups excluding carboxylic acids is 1. The zero-order valence-corrected chi connectivity index (χ0v) is 7.21. The predicted molar refractivity (Wildman–Crippen MR) is 43.4 cm³/mol. The van der Waals surface area contributed by atoms with Crippen LogP contribution in [-0.2, 0) is 4.79 Å². The molecule has 2 heterocycles. The summed E-state index contributed by atoms with van der Waals surface area (Å²) < 4.78 is 0. The Morgan fingerprint density at radius 2 is 2.18 bits per heavy atom. The van der Waals surface area contributed by atoms with E-state index in [1.165, 1.54) is 12.8 Å². The third-order valence-electron chi connectivity index (χ3n) is 3.42. The van der Waals surface area contributed by atoms with Crippen molar-refractivity contribution >= 4 is 5.78 Å². The van der Waals surface area contributed by atoms with Crippen molar-refractivity contribution in [3.63, 3.8) is 0 Å². The van der Waals surface area contributed by atoms with Gasteiger partial charge in [-0.15, -0.1) is 0 Å². The fraction of sp³-hybridized carbons (Fsp3) is 0.889. The molecule has 3 atom stereocenters.